The van der Waals surface area contributed by atoms with Crippen LogP contribution in [-0.4, -0.2) is 39.5 Å². The number of halogens is 1. The SMILES string of the molecule is CCn1cnc2c(-c3ccc(F)c(-c4cnnc5c4ncn5CC)c3)cnnc21. The molecule has 0 N–H and O–H groups in total. The molecule has 0 atom stereocenters. The molecule has 0 aliphatic carbocycles. The summed E-state index contributed by atoms with van der Waals surface area (Å²) in [5, 5.41) is 16.5. The van der Waals surface area contributed by atoms with Crippen molar-refractivity contribution in [1.82, 2.24) is 39.5 Å². The van der Waals surface area contributed by atoms with Crippen LogP contribution in [0.25, 0.3) is 44.6 Å². The first-order valence-electron chi connectivity index (χ1n) is 9.34. The van der Waals surface area contributed by atoms with Gasteiger partial charge in [-0.15, -0.1) is 10.2 Å². The van der Waals surface area contributed by atoms with Gasteiger partial charge in [-0.2, -0.15) is 10.2 Å². The second kappa shape index (κ2) is 6.69. The van der Waals surface area contributed by atoms with Crippen molar-refractivity contribution in [3.63, 3.8) is 0 Å². The van der Waals surface area contributed by atoms with Crippen LogP contribution in [0.15, 0.2) is 43.2 Å². The van der Waals surface area contributed by atoms with Crippen molar-refractivity contribution in [1.29, 1.82) is 0 Å². The van der Waals surface area contributed by atoms with Gasteiger partial charge in [0.15, 0.2) is 11.3 Å². The summed E-state index contributed by atoms with van der Waals surface area (Å²) in [7, 11) is 0. The highest BCUT2D eigenvalue weighted by Gasteiger charge is 2.17. The van der Waals surface area contributed by atoms with Crippen LogP contribution in [0, 0.1) is 5.82 Å². The fraction of sp³-hybridized carbons (Fsp3) is 0.200. The monoisotopic (exact) mass is 388 g/mol. The molecule has 9 heteroatoms. The third kappa shape index (κ3) is 2.65. The number of imidazole rings is 2. The second-order valence-corrected chi connectivity index (χ2v) is 6.62. The minimum atomic E-state index is -0.355. The lowest BCUT2D eigenvalue weighted by atomic mass is 9.99. The van der Waals surface area contributed by atoms with E-state index in [9.17, 15) is 4.39 Å². The summed E-state index contributed by atoms with van der Waals surface area (Å²) >= 11 is 0. The number of fused-ring (bicyclic) bond motifs is 2. The maximum Gasteiger partial charge on any atom is 0.183 e. The summed E-state index contributed by atoms with van der Waals surface area (Å²) in [5.74, 6) is -0.355. The first kappa shape index (κ1) is 17.4. The molecule has 0 aliphatic rings. The second-order valence-electron chi connectivity index (χ2n) is 6.62. The van der Waals surface area contributed by atoms with E-state index in [0.717, 1.165) is 23.2 Å². The minimum absolute atomic E-state index is 0.355. The Bertz CT molecular complexity index is 1350. The lowest BCUT2D eigenvalue weighted by Crippen LogP contribution is -1.97. The molecule has 1 aromatic carbocycles. The van der Waals surface area contributed by atoms with Crippen LogP contribution in [0.3, 0.4) is 0 Å². The molecular formula is C20H17FN8. The van der Waals surface area contributed by atoms with Crippen molar-refractivity contribution >= 4 is 22.3 Å². The number of nitrogens with zero attached hydrogens (tertiary/aromatic N) is 8. The van der Waals surface area contributed by atoms with Crippen molar-refractivity contribution in [3.05, 3.63) is 49.1 Å². The molecule has 0 amide bonds. The van der Waals surface area contributed by atoms with Crippen LogP contribution in [0.5, 0.6) is 0 Å². The summed E-state index contributed by atoms with van der Waals surface area (Å²) in [6, 6.07) is 4.94. The fourth-order valence-electron chi connectivity index (χ4n) is 3.52. The van der Waals surface area contributed by atoms with E-state index in [2.05, 4.69) is 30.4 Å². The first-order chi connectivity index (χ1) is 14.2. The molecule has 4 heterocycles. The molecule has 29 heavy (non-hydrogen) atoms. The minimum Gasteiger partial charge on any atom is -0.314 e. The Labute approximate surface area is 165 Å². The fourth-order valence-corrected chi connectivity index (χ4v) is 3.52. The number of hydrogen-bond acceptors (Lipinski definition) is 6. The number of rotatable bonds is 4. The average molecular weight is 388 g/mol. The van der Waals surface area contributed by atoms with Crippen LogP contribution in [0.1, 0.15) is 13.8 Å². The largest absolute Gasteiger partial charge is 0.314 e. The third-order valence-electron chi connectivity index (χ3n) is 5.06. The number of aryl methyl sites for hydroxylation is 2. The molecule has 0 spiro atoms. The van der Waals surface area contributed by atoms with Gasteiger partial charge >= 0.3 is 0 Å². The molecule has 0 radical (unpaired) electrons. The molecule has 5 rings (SSSR count). The Morgan fingerprint density at radius 2 is 1.38 bits per heavy atom. The van der Waals surface area contributed by atoms with E-state index in [0.29, 0.717) is 34.5 Å². The van der Waals surface area contributed by atoms with Crippen LogP contribution in [0.2, 0.25) is 0 Å². The van der Waals surface area contributed by atoms with Crippen molar-refractivity contribution in [2.24, 2.45) is 0 Å². The molecule has 4 aromatic heterocycles. The molecule has 8 nitrogen and oxygen atoms in total. The van der Waals surface area contributed by atoms with Gasteiger partial charge in [-0.25, -0.2) is 14.4 Å². The summed E-state index contributed by atoms with van der Waals surface area (Å²) in [5.41, 5.74) is 5.26. The van der Waals surface area contributed by atoms with Gasteiger partial charge in [0.25, 0.3) is 0 Å². The van der Waals surface area contributed by atoms with E-state index in [1.54, 1.807) is 37.2 Å². The Kier molecular flexibility index (Phi) is 4.01. The van der Waals surface area contributed by atoms with E-state index >= 15 is 0 Å². The Morgan fingerprint density at radius 3 is 2.00 bits per heavy atom. The van der Waals surface area contributed by atoms with E-state index in [1.807, 2.05) is 23.0 Å². The van der Waals surface area contributed by atoms with Gasteiger partial charge in [-0.3, -0.25) is 0 Å². The lowest BCUT2D eigenvalue weighted by molar-refractivity contribution is 0.631. The summed E-state index contributed by atoms with van der Waals surface area (Å²) in [6.07, 6.45) is 6.63. The normalized spacial score (nSPS) is 11.6. The first-order valence-corrected chi connectivity index (χ1v) is 9.34. The van der Waals surface area contributed by atoms with Gasteiger partial charge < -0.3 is 9.13 Å². The van der Waals surface area contributed by atoms with Crippen LogP contribution < -0.4 is 0 Å². The number of benzene rings is 1. The highest BCUT2D eigenvalue weighted by molar-refractivity contribution is 5.93. The smallest absolute Gasteiger partial charge is 0.183 e. The summed E-state index contributed by atoms with van der Waals surface area (Å²) in [4.78, 5) is 8.91. The average Bonchev–Trinajstić information content (AvgIpc) is 3.37. The Hall–Kier alpha value is -3.75. The quantitative estimate of drug-likeness (QED) is 0.468. The standard InChI is InChI=1S/C20H17FN8/c1-3-28-10-22-17-14(8-24-26-19(17)28)12-5-6-16(21)13(7-12)15-9-25-27-20-18(15)23-11-29(20)4-2/h5-11H,3-4H2,1-2H3. The van der Waals surface area contributed by atoms with Crippen LogP contribution >= 0.6 is 0 Å². The molecule has 0 aliphatic heterocycles. The van der Waals surface area contributed by atoms with Crippen molar-refractivity contribution < 1.29 is 4.39 Å². The highest BCUT2D eigenvalue weighted by atomic mass is 19.1. The zero-order valence-electron chi connectivity index (χ0n) is 15.9. The van der Waals surface area contributed by atoms with Crippen molar-refractivity contribution in [3.8, 4) is 22.3 Å². The molecule has 0 unspecified atom stereocenters. The molecule has 0 saturated heterocycles. The van der Waals surface area contributed by atoms with Gasteiger partial charge in [0.1, 0.15) is 16.9 Å². The maximum atomic E-state index is 14.8. The predicted octanol–water partition coefficient (Wildman–Crippen LogP) is 3.48. The van der Waals surface area contributed by atoms with E-state index in [1.165, 1.54) is 6.07 Å². The van der Waals surface area contributed by atoms with E-state index in [4.69, 9.17) is 0 Å². The van der Waals surface area contributed by atoms with Crippen molar-refractivity contribution in [2.45, 2.75) is 26.9 Å². The predicted molar refractivity (Wildman–Crippen MR) is 106 cm³/mol. The maximum absolute atomic E-state index is 14.8. The highest BCUT2D eigenvalue weighted by Crippen LogP contribution is 2.33. The zero-order valence-corrected chi connectivity index (χ0v) is 15.9. The summed E-state index contributed by atoms with van der Waals surface area (Å²) < 4.78 is 18.6. The summed E-state index contributed by atoms with van der Waals surface area (Å²) in [6.45, 7) is 5.46. The molecular weight excluding hydrogens is 371 g/mol. The topological polar surface area (TPSA) is 87.2 Å². The third-order valence-corrected chi connectivity index (χ3v) is 5.06. The van der Waals surface area contributed by atoms with E-state index in [-0.39, 0.29) is 5.82 Å². The van der Waals surface area contributed by atoms with Crippen LogP contribution in [-0.2, 0) is 13.1 Å². The van der Waals surface area contributed by atoms with Gasteiger partial charge in [0, 0.05) is 29.8 Å². The number of hydrogen-bond donors (Lipinski definition) is 0. The molecule has 0 fully saturated rings. The van der Waals surface area contributed by atoms with Crippen LogP contribution in [0.4, 0.5) is 4.39 Å². The molecule has 144 valence electrons. The van der Waals surface area contributed by atoms with Gasteiger partial charge in [-0.1, -0.05) is 6.07 Å². The Balaban J connectivity index is 1.72. The lowest BCUT2D eigenvalue weighted by Gasteiger charge is -2.08. The van der Waals surface area contributed by atoms with Gasteiger partial charge in [-0.05, 0) is 31.5 Å². The molecule has 5 aromatic rings. The van der Waals surface area contributed by atoms with Gasteiger partial charge in [0.2, 0.25) is 0 Å². The van der Waals surface area contributed by atoms with E-state index < -0.39 is 0 Å². The molecule has 0 bridgehead atoms. The zero-order chi connectivity index (χ0) is 20.0. The number of aromatic nitrogens is 8. The Morgan fingerprint density at radius 1 is 0.793 bits per heavy atom. The molecule has 0 saturated carbocycles. The van der Waals surface area contributed by atoms with Gasteiger partial charge in [0.05, 0.1) is 25.0 Å². The van der Waals surface area contributed by atoms with Crippen molar-refractivity contribution in [2.75, 3.05) is 0 Å².